The Morgan fingerprint density at radius 1 is 1.22 bits per heavy atom. The summed E-state index contributed by atoms with van der Waals surface area (Å²) in [5, 5.41) is 3.49. The van der Waals surface area contributed by atoms with Crippen molar-refractivity contribution in [3.8, 4) is 0 Å². The molecule has 0 aliphatic heterocycles. The molecule has 0 bridgehead atoms. The van der Waals surface area contributed by atoms with Gasteiger partial charge in [0.05, 0.1) is 3.79 Å². The van der Waals surface area contributed by atoms with Gasteiger partial charge in [-0.25, -0.2) is 0 Å². The average molecular weight is 397 g/mol. The first kappa shape index (κ1) is 16.7. The van der Waals surface area contributed by atoms with Crippen molar-refractivity contribution < 1.29 is 0 Å². The van der Waals surface area contributed by atoms with Gasteiger partial charge in [0.2, 0.25) is 0 Å². The molecule has 0 amide bonds. The summed E-state index contributed by atoms with van der Waals surface area (Å²) in [7, 11) is 0. The molecule has 0 saturated heterocycles. The Hall–Kier alpha value is 0.620. The molecular weight excluding hydrogens is 374 g/mol. The van der Waals surface area contributed by atoms with Crippen molar-refractivity contribution in [2.24, 2.45) is 5.41 Å². The Bertz CT molecular complexity index is 341. The van der Waals surface area contributed by atoms with Crippen molar-refractivity contribution in [1.82, 2.24) is 5.32 Å². The van der Waals surface area contributed by atoms with E-state index in [9.17, 15) is 0 Å². The Morgan fingerprint density at radius 3 is 2.50 bits per heavy atom. The summed E-state index contributed by atoms with van der Waals surface area (Å²) in [6, 6.07) is 2.24. The Morgan fingerprint density at radius 2 is 1.94 bits per heavy atom. The van der Waals surface area contributed by atoms with Crippen molar-refractivity contribution in [2.45, 2.75) is 46.5 Å². The third kappa shape index (κ3) is 6.18. The summed E-state index contributed by atoms with van der Waals surface area (Å²) in [5.74, 6) is 0. The molecule has 0 fully saturated rings. The fourth-order valence-corrected chi connectivity index (χ4v) is 4.01. The predicted octanol–water partition coefficient (Wildman–Crippen LogP) is 5.62. The maximum atomic E-state index is 3.56. The first-order valence-electron chi connectivity index (χ1n) is 6.59. The number of aryl methyl sites for hydroxylation is 1. The number of halogens is 2. The van der Waals surface area contributed by atoms with Crippen molar-refractivity contribution >= 4 is 43.2 Å². The summed E-state index contributed by atoms with van der Waals surface area (Å²) in [4.78, 5) is 1.46. The van der Waals surface area contributed by atoms with Gasteiger partial charge in [0.1, 0.15) is 0 Å². The molecule has 0 spiro atoms. The smallest absolute Gasteiger partial charge is 0.0843 e. The zero-order valence-electron chi connectivity index (χ0n) is 11.5. The van der Waals surface area contributed by atoms with Gasteiger partial charge >= 0.3 is 0 Å². The topological polar surface area (TPSA) is 12.0 Å². The van der Waals surface area contributed by atoms with Crippen LogP contribution in [0.1, 0.15) is 44.9 Å². The van der Waals surface area contributed by atoms with Gasteiger partial charge in [-0.15, -0.1) is 11.3 Å². The van der Waals surface area contributed by atoms with Gasteiger partial charge in [-0.05, 0) is 82.1 Å². The molecule has 0 unspecified atom stereocenters. The van der Waals surface area contributed by atoms with E-state index in [0.29, 0.717) is 5.41 Å². The highest BCUT2D eigenvalue weighted by atomic mass is 79.9. The van der Waals surface area contributed by atoms with Gasteiger partial charge < -0.3 is 5.32 Å². The molecule has 1 heterocycles. The highest BCUT2D eigenvalue weighted by molar-refractivity contribution is 9.13. The maximum Gasteiger partial charge on any atom is 0.0843 e. The van der Waals surface area contributed by atoms with Crippen LogP contribution in [0.4, 0.5) is 0 Å². The molecule has 0 atom stereocenters. The molecule has 1 aromatic rings. The number of nitrogens with one attached hydrogen (secondary N) is 1. The van der Waals surface area contributed by atoms with Gasteiger partial charge in [0.15, 0.2) is 0 Å². The van der Waals surface area contributed by atoms with Crippen molar-refractivity contribution in [2.75, 3.05) is 13.1 Å². The second-order valence-electron chi connectivity index (χ2n) is 5.50. The highest BCUT2D eigenvalue weighted by Gasteiger charge is 2.18. The molecule has 1 N–H and O–H groups in total. The molecule has 1 rings (SSSR count). The monoisotopic (exact) mass is 395 g/mol. The van der Waals surface area contributed by atoms with Crippen LogP contribution in [-0.4, -0.2) is 13.1 Å². The SMILES string of the molecule is CCCNCCC(C)(C)CCc1cc(Br)c(Br)s1. The maximum absolute atomic E-state index is 3.56. The molecule has 0 aliphatic carbocycles. The van der Waals surface area contributed by atoms with Gasteiger partial charge in [-0.2, -0.15) is 0 Å². The molecule has 1 nitrogen and oxygen atoms in total. The minimum Gasteiger partial charge on any atom is -0.317 e. The van der Waals surface area contributed by atoms with Crippen LogP contribution in [-0.2, 0) is 6.42 Å². The van der Waals surface area contributed by atoms with E-state index in [4.69, 9.17) is 0 Å². The Balaban J connectivity index is 2.31. The second-order valence-corrected chi connectivity index (χ2v) is 8.81. The summed E-state index contributed by atoms with van der Waals surface area (Å²) >= 11 is 8.95. The van der Waals surface area contributed by atoms with E-state index in [1.165, 1.54) is 38.8 Å². The zero-order valence-corrected chi connectivity index (χ0v) is 15.5. The first-order valence-corrected chi connectivity index (χ1v) is 8.99. The van der Waals surface area contributed by atoms with Crippen LogP contribution in [0.25, 0.3) is 0 Å². The van der Waals surface area contributed by atoms with E-state index in [2.05, 4.69) is 64.0 Å². The normalized spacial score (nSPS) is 12.1. The van der Waals surface area contributed by atoms with E-state index >= 15 is 0 Å². The lowest BCUT2D eigenvalue weighted by atomic mass is 9.84. The fraction of sp³-hybridized carbons (Fsp3) is 0.714. The second kappa shape index (κ2) is 8.03. The van der Waals surface area contributed by atoms with Crippen LogP contribution in [0.5, 0.6) is 0 Å². The average Bonchev–Trinajstić information content (AvgIpc) is 2.62. The quantitative estimate of drug-likeness (QED) is 0.562. The molecule has 0 aliphatic rings. The van der Waals surface area contributed by atoms with Crippen LogP contribution in [0, 0.1) is 5.41 Å². The van der Waals surface area contributed by atoms with Crippen LogP contribution in [0.2, 0.25) is 0 Å². The molecule has 4 heteroatoms. The molecule has 0 radical (unpaired) electrons. The fourth-order valence-electron chi connectivity index (χ4n) is 1.83. The van der Waals surface area contributed by atoms with E-state index in [-0.39, 0.29) is 0 Å². The van der Waals surface area contributed by atoms with Crippen molar-refractivity contribution in [3.05, 3.63) is 19.2 Å². The molecule has 0 saturated carbocycles. The van der Waals surface area contributed by atoms with Crippen molar-refractivity contribution in [3.63, 3.8) is 0 Å². The lowest BCUT2D eigenvalue weighted by Gasteiger charge is -2.24. The lowest BCUT2D eigenvalue weighted by Crippen LogP contribution is -2.23. The van der Waals surface area contributed by atoms with Crippen molar-refractivity contribution in [1.29, 1.82) is 0 Å². The summed E-state index contributed by atoms with van der Waals surface area (Å²) in [6.45, 7) is 9.24. The van der Waals surface area contributed by atoms with Gasteiger partial charge in [0.25, 0.3) is 0 Å². The molecule has 1 aromatic heterocycles. The number of thiophene rings is 1. The van der Waals surface area contributed by atoms with Crippen LogP contribution in [0.3, 0.4) is 0 Å². The van der Waals surface area contributed by atoms with E-state index in [1.807, 2.05) is 11.3 Å². The Kier molecular flexibility index (Phi) is 7.44. The van der Waals surface area contributed by atoms with E-state index < -0.39 is 0 Å². The minimum atomic E-state index is 0.420. The van der Waals surface area contributed by atoms with Gasteiger partial charge in [0, 0.05) is 9.35 Å². The first-order chi connectivity index (χ1) is 8.44. The zero-order chi connectivity index (χ0) is 13.6. The van der Waals surface area contributed by atoms with Crippen LogP contribution in [0.15, 0.2) is 14.3 Å². The van der Waals surface area contributed by atoms with E-state index in [0.717, 1.165) is 13.1 Å². The highest BCUT2D eigenvalue weighted by Crippen LogP contribution is 2.35. The van der Waals surface area contributed by atoms with Crippen LogP contribution < -0.4 is 5.32 Å². The lowest BCUT2D eigenvalue weighted by molar-refractivity contribution is 0.303. The summed E-state index contributed by atoms with van der Waals surface area (Å²) < 4.78 is 2.39. The number of rotatable bonds is 8. The third-order valence-electron chi connectivity index (χ3n) is 3.15. The molecule has 104 valence electrons. The molecule has 18 heavy (non-hydrogen) atoms. The number of hydrogen-bond donors (Lipinski definition) is 1. The third-order valence-corrected chi connectivity index (χ3v) is 6.47. The van der Waals surface area contributed by atoms with E-state index in [1.54, 1.807) is 0 Å². The number of hydrogen-bond acceptors (Lipinski definition) is 2. The minimum absolute atomic E-state index is 0.420. The van der Waals surface area contributed by atoms with Gasteiger partial charge in [-0.1, -0.05) is 20.8 Å². The Labute approximate surface area is 132 Å². The largest absolute Gasteiger partial charge is 0.317 e. The van der Waals surface area contributed by atoms with Crippen LogP contribution >= 0.6 is 43.2 Å². The molecular formula is C14H23Br2NS. The van der Waals surface area contributed by atoms with Gasteiger partial charge in [-0.3, -0.25) is 0 Å². The standard InChI is InChI=1S/C14H23Br2NS/c1-4-8-17-9-7-14(2,3)6-5-11-10-12(15)13(16)18-11/h10,17H,4-9H2,1-3H3. The summed E-state index contributed by atoms with van der Waals surface area (Å²) in [5.41, 5.74) is 0.420. The summed E-state index contributed by atoms with van der Waals surface area (Å²) in [6.07, 6.45) is 4.90. The molecule has 0 aromatic carbocycles. The predicted molar refractivity (Wildman–Crippen MR) is 89.6 cm³/mol.